The molecule has 3 nitrogen and oxygen atoms in total. The molecule has 0 aromatic heterocycles. The van der Waals surface area contributed by atoms with Gasteiger partial charge in [-0.05, 0) is 11.8 Å². The number of carbonyl (C=O) groups is 1. The van der Waals surface area contributed by atoms with E-state index in [4.69, 9.17) is 0 Å². The zero-order valence-electron chi connectivity index (χ0n) is 8.90. The molecule has 0 heterocycles. The molecule has 0 unspecified atom stereocenters. The topological polar surface area (TPSA) is 57.5 Å². The number of phenolic OH excluding ortho intramolecular Hbond substituents is 2. The van der Waals surface area contributed by atoms with Crippen LogP contribution in [-0.2, 0) is 6.42 Å². The molecule has 0 atom stereocenters. The van der Waals surface area contributed by atoms with Gasteiger partial charge in [0.25, 0.3) is 0 Å². The Hall–Kier alpha value is -2.03. The maximum Gasteiger partial charge on any atom is 0.154 e. The maximum absolute atomic E-state index is 11.0. The average molecular weight is 216 g/mol. The normalized spacial score (nSPS) is 10.6. The molecule has 3 heteroatoms. The van der Waals surface area contributed by atoms with Crippen LogP contribution in [0.15, 0.2) is 24.3 Å². The van der Waals surface area contributed by atoms with Crippen molar-refractivity contribution in [3.05, 3.63) is 35.4 Å². The molecule has 0 aliphatic rings. The van der Waals surface area contributed by atoms with Gasteiger partial charge in [0.2, 0.25) is 0 Å². The largest absolute Gasteiger partial charge is 0.507 e. The van der Waals surface area contributed by atoms with E-state index in [0.717, 1.165) is 0 Å². The summed E-state index contributed by atoms with van der Waals surface area (Å²) in [5, 5.41) is 21.0. The summed E-state index contributed by atoms with van der Waals surface area (Å²) >= 11 is 0. The lowest BCUT2D eigenvalue weighted by atomic mass is 9.97. The van der Waals surface area contributed by atoms with Crippen LogP contribution in [0.3, 0.4) is 0 Å². The molecular formula is C13H12O3. The summed E-state index contributed by atoms with van der Waals surface area (Å²) in [5.41, 5.74) is 0.658. The van der Waals surface area contributed by atoms with Crippen LogP contribution in [0.2, 0.25) is 0 Å². The molecule has 0 bridgehead atoms. The van der Waals surface area contributed by atoms with Gasteiger partial charge in [-0.15, -0.1) is 0 Å². The highest BCUT2D eigenvalue weighted by Crippen LogP contribution is 2.38. The van der Waals surface area contributed by atoms with Crippen LogP contribution in [-0.4, -0.2) is 16.5 Å². The summed E-state index contributed by atoms with van der Waals surface area (Å²) in [7, 11) is 0. The highest BCUT2D eigenvalue weighted by Gasteiger charge is 2.16. The Morgan fingerprint density at radius 1 is 1.12 bits per heavy atom. The van der Waals surface area contributed by atoms with Gasteiger partial charge in [0.05, 0.1) is 5.56 Å². The van der Waals surface area contributed by atoms with Crippen molar-refractivity contribution in [3.8, 4) is 11.5 Å². The van der Waals surface area contributed by atoms with Gasteiger partial charge in [0.1, 0.15) is 11.5 Å². The molecule has 0 amide bonds. The first kappa shape index (κ1) is 10.5. The summed E-state index contributed by atoms with van der Waals surface area (Å²) in [5.74, 6) is -0.0603. The highest BCUT2D eigenvalue weighted by molar-refractivity contribution is 6.04. The number of aromatic hydroxyl groups is 2. The number of carbonyl (C=O) groups excluding carboxylic acids is 1. The number of rotatable bonds is 2. The van der Waals surface area contributed by atoms with E-state index in [1.165, 1.54) is 0 Å². The lowest BCUT2D eigenvalue weighted by Crippen LogP contribution is -1.92. The molecule has 2 N–H and O–H groups in total. The molecule has 0 saturated carbocycles. The highest BCUT2D eigenvalue weighted by atomic mass is 16.3. The Bertz CT molecular complexity index is 559. The molecular weight excluding hydrogens is 204 g/mol. The molecule has 2 aromatic rings. The molecule has 16 heavy (non-hydrogen) atoms. The number of hydrogen-bond donors (Lipinski definition) is 2. The van der Waals surface area contributed by atoms with E-state index < -0.39 is 0 Å². The van der Waals surface area contributed by atoms with E-state index in [-0.39, 0.29) is 17.1 Å². The van der Waals surface area contributed by atoms with Crippen LogP contribution in [0.25, 0.3) is 10.8 Å². The predicted octanol–water partition coefficient (Wildman–Crippen LogP) is 2.63. The number of phenols is 2. The molecule has 0 fully saturated rings. The van der Waals surface area contributed by atoms with Gasteiger partial charge >= 0.3 is 0 Å². The van der Waals surface area contributed by atoms with Gasteiger partial charge in [-0.2, -0.15) is 0 Å². The van der Waals surface area contributed by atoms with Crippen molar-refractivity contribution in [2.24, 2.45) is 0 Å². The Morgan fingerprint density at radius 3 is 2.31 bits per heavy atom. The third kappa shape index (κ3) is 1.33. The second-order valence-electron chi connectivity index (χ2n) is 3.61. The Kier molecular flexibility index (Phi) is 2.52. The van der Waals surface area contributed by atoms with E-state index in [1.807, 2.05) is 6.92 Å². The van der Waals surface area contributed by atoms with E-state index in [2.05, 4.69) is 0 Å². The molecule has 0 spiro atoms. The summed E-state index contributed by atoms with van der Waals surface area (Å²) in [4.78, 5) is 11.0. The van der Waals surface area contributed by atoms with E-state index in [1.54, 1.807) is 24.3 Å². The molecule has 2 aromatic carbocycles. The van der Waals surface area contributed by atoms with Gasteiger partial charge in [-0.3, -0.25) is 4.79 Å². The minimum Gasteiger partial charge on any atom is -0.507 e. The van der Waals surface area contributed by atoms with Crippen molar-refractivity contribution in [3.63, 3.8) is 0 Å². The predicted molar refractivity (Wildman–Crippen MR) is 62.0 cm³/mol. The first-order valence-corrected chi connectivity index (χ1v) is 5.11. The second-order valence-corrected chi connectivity index (χ2v) is 3.61. The fourth-order valence-corrected chi connectivity index (χ4v) is 1.94. The van der Waals surface area contributed by atoms with Crippen LogP contribution in [0.5, 0.6) is 11.5 Å². The molecule has 0 saturated heterocycles. The molecule has 0 aliphatic carbocycles. The third-order valence-corrected chi connectivity index (χ3v) is 2.77. The Morgan fingerprint density at radius 2 is 1.75 bits per heavy atom. The maximum atomic E-state index is 11.0. The Labute approximate surface area is 93.0 Å². The SMILES string of the molecule is CCc1c(O)c(C=O)c2ccccc2c1O. The van der Waals surface area contributed by atoms with Gasteiger partial charge in [0, 0.05) is 10.9 Å². The van der Waals surface area contributed by atoms with Crippen molar-refractivity contribution in [2.75, 3.05) is 0 Å². The van der Waals surface area contributed by atoms with Crippen LogP contribution >= 0.6 is 0 Å². The van der Waals surface area contributed by atoms with Crippen LogP contribution < -0.4 is 0 Å². The quantitative estimate of drug-likeness (QED) is 0.758. The first-order chi connectivity index (χ1) is 7.70. The van der Waals surface area contributed by atoms with Crippen molar-refractivity contribution in [1.82, 2.24) is 0 Å². The van der Waals surface area contributed by atoms with Crippen LogP contribution in [0.1, 0.15) is 22.8 Å². The summed E-state index contributed by atoms with van der Waals surface area (Å²) in [6.07, 6.45) is 1.10. The fourth-order valence-electron chi connectivity index (χ4n) is 1.94. The minimum atomic E-state index is -0.117. The minimum absolute atomic E-state index is 0.0567. The van der Waals surface area contributed by atoms with Crippen molar-refractivity contribution >= 4 is 17.1 Å². The van der Waals surface area contributed by atoms with Crippen molar-refractivity contribution in [1.29, 1.82) is 0 Å². The summed E-state index contributed by atoms with van der Waals surface area (Å²) in [6.45, 7) is 1.82. The molecule has 0 aliphatic heterocycles. The summed E-state index contributed by atoms with van der Waals surface area (Å²) in [6, 6.07) is 6.99. The zero-order chi connectivity index (χ0) is 11.7. The molecule has 82 valence electrons. The first-order valence-electron chi connectivity index (χ1n) is 5.11. The zero-order valence-corrected chi connectivity index (χ0v) is 8.90. The van der Waals surface area contributed by atoms with Crippen LogP contribution in [0, 0.1) is 0 Å². The Balaban J connectivity index is 2.99. The standard InChI is InChI=1S/C13H12O3/c1-2-8-12(15)10-6-4-3-5-9(10)11(7-14)13(8)16/h3-7,15-16H,2H2,1H3. The lowest BCUT2D eigenvalue weighted by molar-refractivity contribution is 0.112. The van der Waals surface area contributed by atoms with Gasteiger partial charge in [-0.25, -0.2) is 0 Å². The molecule has 0 radical (unpaired) electrons. The monoisotopic (exact) mass is 216 g/mol. The number of benzene rings is 2. The van der Waals surface area contributed by atoms with E-state index in [9.17, 15) is 15.0 Å². The number of aldehydes is 1. The fraction of sp³-hybridized carbons (Fsp3) is 0.154. The van der Waals surface area contributed by atoms with Crippen LogP contribution in [0.4, 0.5) is 0 Å². The van der Waals surface area contributed by atoms with E-state index in [0.29, 0.717) is 29.0 Å². The van der Waals surface area contributed by atoms with E-state index >= 15 is 0 Å². The lowest BCUT2D eigenvalue weighted by Gasteiger charge is -2.11. The van der Waals surface area contributed by atoms with Gasteiger partial charge < -0.3 is 10.2 Å². The number of hydrogen-bond acceptors (Lipinski definition) is 3. The smallest absolute Gasteiger partial charge is 0.154 e. The van der Waals surface area contributed by atoms with Gasteiger partial charge in [-0.1, -0.05) is 31.2 Å². The number of fused-ring (bicyclic) bond motifs is 1. The second kappa shape index (κ2) is 3.85. The van der Waals surface area contributed by atoms with Crippen molar-refractivity contribution < 1.29 is 15.0 Å². The third-order valence-electron chi connectivity index (χ3n) is 2.77. The summed E-state index contributed by atoms with van der Waals surface area (Å²) < 4.78 is 0. The average Bonchev–Trinajstić information content (AvgIpc) is 2.30. The van der Waals surface area contributed by atoms with Gasteiger partial charge in [0.15, 0.2) is 6.29 Å². The molecule has 2 rings (SSSR count). The van der Waals surface area contributed by atoms with Crippen molar-refractivity contribution in [2.45, 2.75) is 13.3 Å².